The van der Waals surface area contributed by atoms with E-state index in [0.29, 0.717) is 6.47 Å². The van der Waals surface area contributed by atoms with E-state index in [0.717, 1.165) is 0 Å². The molecule has 14 heavy (non-hydrogen) atoms. The van der Waals surface area contributed by atoms with Crippen LogP contribution >= 0.6 is 0 Å². The van der Waals surface area contributed by atoms with Gasteiger partial charge in [-0.25, -0.2) is 0 Å². The van der Waals surface area contributed by atoms with E-state index in [9.17, 15) is 9.59 Å². The number of rotatable bonds is 6. The molecule has 0 rings (SSSR count). The van der Waals surface area contributed by atoms with Crippen molar-refractivity contribution in [2.24, 2.45) is 0 Å². The third kappa shape index (κ3) is 10.9. The normalized spacial score (nSPS) is 10.6. The van der Waals surface area contributed by atoms with Crippen molar-refractivity contribution in [3.63, 3.8) is 0 Å². The second-order valence-corrected chi connectivity index (χ2v) is 2.09. The van der Waals surface area contributed by atoms with Gasteiger partial charge in [0, 0.05) is 14.0 Å². The molecule has 0 N–H and O–H groups in total. The first-order valence-corrected chi connectivity index (χ1v) is 4.42. The lowest BCUT2D eigenvalue weighted by atomic mass is 10.4. The molecule has 0 saturated heterocycles. The predicted octanol–water partition coefficient (Wildman–Crippen LogP) is 0.764. The van der Waals surface area contributed by atoms with Crippen molar-refractivity contribution >= 4 is 12.4 Å². The van der Waals surface area contributed by atoms with Gasteiger partial charge in [0.05, 0.1) is 0 Å². The van der Waals surface area contributed by atoms with E-state index < -0.39 is 0 Å². The maximum atomic E-state index is 10.3. The fourth-order valence-corrected chi connectivity index (χ4v) is 0.541. The molecule has 0 saturated carbocycles. The fraction of sp³-hybridized carbons (Fsp3) is 0.778. The van der Waals surface area contributed by atoms with Crippen LogP contribution in [0.2, 0.25) is 0 Å². The first-order chi connectivity index (χ1) is 6.70. The number of hydrogen-bond acceptors (Lipinski definition) is 5. The smallest absolute Gasteiger partial charge is 0.302 e. The lowest BCUT2D eigenvalue weighted by Gasteiger charge is -2.12. The van der Waals surface area contributed by atoms with Crippen LogP contribution in [0, 0.1) is 0 Å². The van der Waals surface area contributed by atoms with Crippen LogP contribution in [0.5, 0.6) is 0 Å². The number of esters is 1. The van der Waals surface area contributed by atoms with Gasteiger partial charge in [-0.3, -0.25) is 9.59 Å². The average molecular weight is 206 g/mol. The summed E-state index contributed by atoms with van der Waals surface area (Å²) in [6.45, 7) is 5.81. The summed E-state index contributed by atoms with van der Waals surface area (Å²) in [4.78, 5) is 20.1. The molecule has 0 heterocycles. The molecule has 0 amide bonds. The zero-order valence-electron chi connectivity index (χ0n) is 9.11. The predicted molar refractivity (Wildman–Crippen MR) is 50.8 cm³/mol. The van der Waals surface area contributed by atoms with Gasteiger partial charge < -0.3 is 14.2 Å². The van der Waals surface area contributed by atoms with Crippen molar-refractivity contribution in [1.29, 1.82) is 0 Å². The Hall–Kier alpha value is -1.10. The molecule has 0 aromatic rings. The van der Waals surface area contributed by atoms with Crippen molar-refractivity contribution in [1.82, 2.24) is 0 Å². The van der Waals surface area contributed by atoms with Crippen LogP contribution in [0.3, 0.4) is 0 Å². The van der Waals surface area contributed by atoms with E-state index >= 15 is 0 Å². The van der Waals surface area contributed by atoms with Crippen LogP contribution < -0.4 is 0 Å². The molecule has 0 aliphatic rings. The summed E-state index contributed by atoms with van der Waals surface area (Å²) in [5, 5.41) is 0. The molecule has 0 aliphatic carbocycles. The Morgan fingerprint density at radius 1 is 1.36 bits per heavy atom. The summed E-state index contributed by atoms with van der Waals surface area (Å²) in [6, 6.07) is 0. The van der Waals surface area contributed by atoms with E-state index in [-0.39, 0.29) is 25.3 Å². The Kier molecular flexibility index (Phi) is 13.1. The minimum atomic E-state index is -0.390. The number of carbonyl (C=O) groups excluding carboxylic acids is 2. The maximum absolute atomic E-state index is 10.3. The van der Waals surface area contributed by atoms with Crippen molar-refractivity contribution < 1.29 is 23.8 Å². The molecule has 0 aliphatic heterocycles. The van der Waals surface area contributed by atoms with Crippen molar-refractivity contribution in [2.45, 2.75) is 26.9 Å². The van der Waals surface area contributed by atoms with E-state index in [4.69, 9.17) is 4.74 Å². The summed E-state index contributed by atoms with van der Waals surface area (Å²) in [5.74, 6) is -0.386. The first-order valence-electron chi connectivity index (χ1n) is 4.42. The summed E-state index contributed by atoms with van der Waals surface area (Å²) in [5.41, 5.74) is 0. The lowest BCUT2D eigenvalue weighted by Crippen LogP contribution is -2.25. The van der Waals surface area contributed by atoms with E-state index in [1.807, 2.05) is 13.8 Å². The molecule has 1 unspecified atom stereocenters. The monoisotopic (exact) mass is 206 g/mol. The second-order valence-electron chi connectivity index (χ2n) is 2.09. The number of carbonyl (C=O) groups is 2. The quantitative estimate of drug-likeness (QED) is 0.474. The van der Waals surface area contributed by atoms with Crippen LogP contribution in [0.1, 0.15) is 20.8 Å². The van der Waals surface area contributed by atoms with Gasteiger partial charge in [0.2, 0.25) is 0 Å². The molecule has 5 heteroatoms. The molecular weight excluding hydrogens is 188 g/mol. The molecule has 5 nitrogen and oxygen atoms in total. The van der Waals surface area contributed by atoms with Crippen LogP contribution in [0.25, 0.3) is 0 Å². The average Bonchev–Trinajstić information content (AvgIpc) is 2.21. The number of hydrogen-bond donors (Lipinski definition) is 0. The third-order valence-electron chi connectivity index (χ3n) is 1.16. The van der Waals surface area contributed by atoms with E-state index in [2.05, 4.69) is 9.47 Å². The maximum Gasteiger partial charge on any atom is 0.302 e. The van der Waals surface area contributed by atoms with Gasteiger partial charge in [-0.15, -0.1) is 0 Å². The molecule has 0 radical (unpaired) electrons. The Balaban J connectivity index is 0. The highest BCUT2D eigenvalue weighted by Gasteiger charge is 2.08. The van der Waals surface area contributed by atoms with E-state index in [1.54, 1.807) is 0 Å². The molecule has 0 bridgehead atoms. The molecule has 0 aromatic carbocycles. The van der Waals surface area contributed by atoms with Gasteiger partial charge in [0.1, 0.15) is 19.3 Å². The van der Waals surface area contributed by atoms with Gasteiger partial charge in [0.25, 0.3) is 6.47 Å². The molecule has 0 spiro atoms. The Bertz CT molecular complexity index is 146. The van der Waals surface area contributed by atoms with Crippen LogP contribution in [0.4, 0.5) is 0 Å². The van der Waals surface area contributed by atoms with Gasteiger partial charge in [-0.2, -0.15) is 0 Å². The minimum Gasteiger partial charge on any atom is -0.465 e. The Morgan fingerprint density at radius 2 is 1.93 bits per heavy atom. The molecule has 84 valence electrons. The SMILES string of the molecule is CC.COC(COC=O)COC(C)=O. The highest BCUT2D eigenvalue weighted by molar-refractivity contribution is 5.65. The lowest BCUT2D eigenvalue weighted by molar-refractivity contribution is -0.147. The van der Waals surface area contributed by atoms with Gasteiger partial charge in [-0.05, 0) is 0 Å². The zero-order valence-corrected chi connectivity index (χ0v) is 9.11. The number of methoxy groups -OCH3 is 1. The Labute approximate surface area is 84.3 Å². The summed E-state index contributed by atoms with van der Waals surface area (Å²) >= 11 is 0. The van der Waals surface area contributed by atoms with Crippen LogP contribution in [-0.4, -0.2) is 38.9 Å². The highest BCUT2D eigenvalue weighted by Crippen LogP contribution is 1.92. The topological polar surface area (TPSA) is 61.8 Å². The molecule has 1 atom stereocenters. The first kappa shape index (κ1) is 15.4. The van der Waals surface area contributed by atoms with Crippen molar-refractivity contribution in [2.75, 3.05) is 20.3 Å². The fourth-order valence-electron chi connectivity index (χ4n) is 0.541. The van der Waals surface area contributed by atoms with Crippen LogP contribution in [0.15, 0.2) is 0 Å². The second kappa shape index (κ2) is 11.9. The van der Waals surface area contributed by atoms with Crippen LogP contribution in [-0.2, 0) is 23.8 Å². The zero-order chi connectivity index (χ0) is 11.4. The van der Waals surface area contributed by atoms with Gasteiger partial charge in [-0.1, -0.05) is 13.8 Å². The third-order valence-corrected chi connectivity index (χ3v) is 1.16. The highest BCUT2D eigenvalue weighted by atomic mass is 16.6. The number of ether oxygens (including phenoxy) is 3. The van der Waals surface area contributed by atoms with Crippen molar-refractivity contribution in [3.05, 3.63) is 0 Å². The standard InChI is InChI=1S/C7H12O5.C2H6/c1-6(9)12-4-7(10-2)3-11-5-8;1-2/h5,7H,3-4H2,1-2H3;1-2H3. The molecular formula is C9H18O5. The van der Waals surface area contributed by atoms with Crippen molar-refractivity contribution in [3.8, 4) is 0 Å². The summed E-state index contributed by atoms with van der Waals surface area (Å²) in [7, 11) is 1.45. The summed E-state index contributed by atoms with van der Waals surface area (Å²) in [6.07, 6.45) is -0.390. The molecule has 0 fully saturated rings. The minimum absolute atomic E-state index is 0.0906. The largest absolute Gasteiger partial charge is 0.465 e. The molecule has 0 aromatic heterocycles. The Morgan fingerprint density at radius 3 is 2.29 bits per heavy atom. The van der Waals surface area contributed by atoms with Gasteiger partial charge >= 0.3 is 5.97 Å². The van der Waals surface area contributed by atoms with Gasteiger partial charge in [0.15, 0.2) is 0 Å². The summed E-state index contributed by atoms with van der Waals surface area (Å²) < 4.78 is 13.9. The van der Waals surface area contributed by atoms with E-state index in [1.165, 1.54) is 14.0 Å².